The highest BCUT2D eigenvalue weighted by Gasteiger charge is 2.07. The summed E-state index contributed by atoms with van der Waals surface area (Å²) in [6.07, 6.45) is 0.734. The molecule has 0 radical (unpaired) electrons. The Morgan fingerprint density at radius 3 is 2.45 bits per heavy atom. The predicted molar refractivity (Wildman–Crippen MR) is 77.0 cm³/mol. The molecule has 0 fully saturated rings. The van der Waals surface area contributed by atoms with E-state index in [0.717, 1.165) is 12.0 Å². The molecule has 0 saturated heterocycles. The summed E-state index contributed by atoms with van der Waals surface area (Å²) in [7, 11) is 0. The molecule has 0 bridgehead atoms. The molecule has 0 aliphatic heterocycles. The summed E-state index contributed by atoms with van der Waals surface area (Å²) in [5.41, 5.74) is 2.59. The molecule has 2 rings (SSSR count). The first-order valence-corrected chi connectivity index (χ1v) is 6.41. The molecule has 0 heterocycles. The van der Waals surface area contributed by atoms with Crippen LogP contribution in [-0.2, 0) is 6.42 Å². The van der Waals surface area contributed by atoms with E-state index in [-0.39, 0.29) is 23.0 Å². The van der Waals surface area contributed by atoms with Crippen LogP contribution in [0.5, 0.6) is 11.5 Å². The molecule has 0 atom stereocenters. The maximum absolute atomic E-state index is 11.9. The lowest BCUT2D eigenvalue weighted by Crippen LogP contribution is -2.25. The molecule has 0 aromatic heterocycles. The van der Waals surface area contributed by atoms with Gasteiger partial charge in [0.05, 0.1) is 0 Å². The van der Waals surface area contributed by atoms with Gasteiger partial charge in [-0.25, -0.2) is 0 Å². The maximum Gasteiger partial charge on any atom is 0.251 e. The number of carbonyl (C=O) groups is 1. The SMILES string of the molecule is Cc1cccc(CCNC(=O)c2cc(O)cc(O)c2)c1. The highest BCUT2D eigenvalue weighted by atomic mass is 16.3. The van der Waals surface area contributed by atoms with Crippen molar-refractivity contribution in [3.05, 3.63) is 59.2 Å². The molecule has 0 aliphatic rings. The molecular formula is C16H17NO3. The number of benzene rings is 2. The highest BCUT2D eigenvalue weighted by molar-refractivity contribution is 5.95. The van der Waals surface area contributed by atoms with Crippen LogP contribution < -0.4 is 5.32 Å². The van der Waals surface area contributed by atoms with Crippen molar-refractivity contribution in [2.24, 2.45) is 0 Å². The number of hydrogen-bond donors (Lipinski definition) is 3. The van der Waals surface area contributed by atoms with E-state index in [2.05, 4.69) is 11.4 Å². The van der Waals surface area contributed by atoms with Gasteiger partial charge in [-0.15, -0.1) is 0 Å². The fraction of sp³-hybridized carbons (Fsp3) is 0.188. The smallest absolute Gasteiger partial charge is 0.251 e. The summed E-state index contributed by atoms with van der Waals surface area (Å²) in [6.45, 7) is 2.52. The van der Waals surface area contributed by atoms with Gasteiger partial charge < -0.3 is 15.5 Å². The molecule has 3 N–H and O–H groups in total. The third-order valence-corrected chi connectivity index (χ3v) is 2.95. The number of rotatable bonds is 4. The summed E-state index contributed by atoms with van der Waals surface area (Å²) in [4.78, 5) is 11.9. The number of nitrogens with one attached hydrogen (secondary N) is 1. The van der Waals surface area contributed by atoms with Gasteiger partial charge in [-0.3, -0.25) is 4.79 Å². The normalized spacial score (nSPS) is 10.2. The van der Waals surface area contributed by atoms with Gasteiger partial charge in [0.1, 0.15) is 11.5 Å². The van der Waals surface area contributed by atoms with Crippen LogP contribution in [0, 0.1) is 6.92 Å². The number of aromatic hydroxyl groups is 2. The minimum absolute atomic E-state index is 0.131. The summed E-state index contributed by atoms with van der Waals surface area (Å²) in [5, 5.41) is 21.4. The van der Waals surface area contributed by atoms with Crippen LogP contribution in [0.1, 0.15) is 21.5 Å². The molecular weight excluding hydrogens is 254 g/mol. The molecule has 20 heavy (non-hydrogen) atoms. The van der Waals surface area contributed by atoms with Gasteiger partial charge in [-0.2, -0.15) is 0 Å². The van der Waals surface area contributed by atoms with Gasteiger partial charge >= 0.3 is 0 Å². The third kappa shape index (κ3) is 3.75. The second kappa shape index (κ2) is 6.10. The van der Waals surface area contributed by atoms with Gasteiger partial charge in [0.15, 0.2) is 0 Å². The van der Waals surface area contributed by atoms with Gasteiger partial charge in [0.2, 0.25) is 0 Å². The van der Waals surface area contributed by atoms with Crippen molar-refractivity contribution in [3.8, 4) is 11.5 Å². The molecule has 1 amide bonds. The van der Waals surface area contributed by atoms with E-state index < -0.39 is 0 Å². The van der Waals surface area contributed by atoms with E-state index in [1.54, 1.807) is 0 Å². The summed E-state index contributed by atoms with van der Waals surface area (Å²) >= 11 is 0. The van der Waals surface area contributed by atoms with Gasteiger partial charge in [0, 0.05) is 18.2 Å². The number of phenols is 2. The van der Waals surface area contributed by atoms with E-state index in [4.69, 9.17) is 0 Å². The van der Waals surface area contributed by atoms with Gasteiger partial charge in [-0.1, -0.05) is 29.8 Å². The lowest BCUT2D eigenvalue weighted by atomic mass is 10.1. The molecule has 4 heteroatoms. The lowest BCUT2D eigenvalue weighted by molar-refractivity contribution is 0.0953. The van der Waals surface area contributed by atoms with Crippen molar-refractivity contribution in [2.75, 3.05) is 6.54 Å². The van der Waals surface area contributed by atoms with Crippen LogP contribution in [0.3, 0.4) is 0 Å². The molecule has 0 saturated carbocycles. The molecule has 104 valence electrons. The highest BCUT2D eigenvalue weighted by Crippen LogP contribution is 2.20. The minimum atomic E-state index is -0.316. The number of carbonyl (C=O) groups excluding carboxylic acids is 1. The van der Waals surface area contributed by atoms with Crippen molar-refractivity contribution in [1.29, 1.82) is 0 Å². The van der Waals surface area contributed by atoms with Crippen LogP contribution in [0.4, 0.5) is 0 Å². The lowest BCUT2D eigenvalue weighted by Gasteiger charge is -2.07. The van der Waals surface area contributed by atoms with E-state index in [9.17, 15) is 15.0 Å². The standard InChI is InChI=1S/C16H17NO3/c1-11-3-2-4-12(7-11)5-6-17-16(20)13-8-14(18)10-15(19)9-13/h2-4,7-10,18-19H,5-6H2,1H3,(H,17,20). The van der Waals surface area contributed by atoms with E-state index >= 15 is 0 Å². The first-order chi connectivity index (χ1) is 9.54. The Morgan fingerprint density at radius 2 is 1.80 bits per heavy atom. The number of aryl methyl sites for hydroxylation is 1. The monoisotopic (exact) mass is 271 g/mol. The molecule has 4 nitrogen and oxygen atoms in total. The Morgan fingerprint density at radius 1 is 1.10 bits per heavy atom. The average Bonchev–Trinajstić information content (AvgIpc) is 2.37. The summed E-state index contributed by atoms with van der Waals surface area (Å²) in [5.74, 6) is -0.577. The number of amides is 1. The maximum atomic E-state index is 11.9. The van der Waals surface area contributed by atoms with Crippen LogP contribution in [-0.4, -0.2) is 22.7 Å². The van der Waals surface area contributed by atoms with E-state index in [1.165, 1.54) is 23.8 Å². The van der Waals surface area contributed by atoms with Crippen molar-refractivity contribution in [1.82, 2.24) is 5.32 Å². The first kappa shape index (κ1) is 13.9. The van der Waals surface area contributed by atoms with Crippen LogP contribution in [0.25, 0.3) is 0 Å². The molecule has 0 aliphatic carbocycles. The zero-order chi connectivity index (χ0) is 14.5. The topological polar surface area (TPSA) is 69.6 Å². The predicted octanol–water partition coefficient (Wildman–Crippen LogP) is 2.38. The Balaban J connectivity index is 1.92. The van der Waals surface area contributed by atoms with E-state index in [0.29, 0.717) is 6.54 Å². The van der Waals surface area contributed by atoms with E-state index in [1.807, 2.05) is 25.1 Å². The summed E-state index contributed by atoms with van der Waals surface area (Å²) < 4.78 is 0. The fourth-order valence-electron chi connectivity index (χ4n) is 2.02. The summed E-state index contributed by atoms with van der Waals surface area (Å²) in [6, 6.07) is 11.9. The Kier molecular flexibility index (Phi) is 4.25. The first-order valence-electron chi connectivity index (χ1n) is 6.41. The molecule has 2 aromatic carbocycles. The van der Waals surface area contributed by atoms with Crippen molar-refractivity contribution in [3.63, 3.8) is 0 Å². The Bertz CT molecular complexity index is 603. The third-order valence-electron chi connectivity index (χ3n) is 2.95. The second-order valence-electron chi connectivity index (χ2n) is 4.73. The van der Waals surface area contributed by atoms with Gasteiger partial charge in [0.25, 0.3) is 5.91 Å². The molecule has 2 aromatic rings. The second-order valence-corrected chi connectivity index (χ2v) is 4.73. The Hall–Kier alpha value is -2.49. The fourth-order valence-corrected chi connectivity index (χ4v) is 2.02. The Labute approximate surface area is 117 Å². The van der Waals surface area contributed by atoms with Crippen molar-refractivity contribution in [2.45, 2.75) is 13.3 Å². The largest absolute Gasteiger partial charge is 0.508 e. The average molecular weight is 271 g/mol. The zero-order valence-corrected chi connectivity index (χ0v) is 11.3. The molecule has 0 unspecified atom stereocenters. The number of phenolic OH excluding ortho intramolecular Hbond substituents is 2. The van der Waals surface area contributed by atoms with Crippen LogP contribution in [0.15, 0.2) is 42.5 Å². The quantitative estimate of drug-likeness (QED) is 0.799. The van der Waals surface area contributed by atoms with Crippen LogP contribution in [0.2, 0.25) is 0 Å². The van der Waals surface area contributed by atoms with Gasteiger partial charge in [-0.05, 0) is 31.0 Å². The zero-order valence-electron chi connectivity index (χ0n) is 11.3. The van der Waals surface area contributed by atoms with Crippen LogP contribution >= 0.6 is 0 Å². The van der Waals surface area contributed by atoms with Crippen molar-refractivity contribution < 1.29 is 15.0 Å². The van der Waals surface area contributed by atoms with Crippen molar-refractivity contribution >= 4 is 5.91 Å². The minimum Gasteiger partial charge on any atom is -0.508 e. The molecule has 0 spiro atoms. The number of hydrogen-bond acceptors (Lipinski definition) is 3.